The zero-order valence-corrected chi connectivity index (χ0v) is 11.6. The Bertz CT molecular complexity index is 521. The molecule has 1 heterocycles. The van der Waals surface area contributed by atoms with Crippen molar-refractivity contribution < 1.29 is 13.2 Å². The van der Waals surface area contributed by atoms with E-state index in [2.05, 4.69) is 5.32 Å². The number of furan rings is 1. The fourth-order valence-corrected chi connectivity index (χ4v) is 2.08. The summed E-state index contributed by atoms with van der Waals surface area (Å²) in [6.07, 6.45) is 1.63. The van der Waals surface area contributed by atoms with E-state index >= 15 is 0 Å². The van der Waals surface area contributed by atoms with Crippen molar-refractivity contribution in [3.05, 3.63) is 59.6 Å². The Balaban J connectivity index is 1.93. The van der Waals surface area contributed by atoms with Crippen molar-refractivity contribution in [2.24, 2.45) is 0 Å². The molecule has 2 rings (SSSR count). The summed E-state index contributed by atoms with van der Waals surface area (Å²) in [5.74, 6) is -0.262. The number of rotatable bonds is 6. The van der Waals surface area contributed by atoms with Crippen LogP contribution in [0.4, 0.5) is 8.78 Å². The predicted octanol–water partition coefficient (Wildman–Crippen LogP) is 2.95. The van der Waals surface area contributed by atoms with Crippen LogP contribution in [0.2, 0.25) is 0 Å². The molecule has 2 aromatic rings. The highest BCUT2D eigenvalue weighted by Gasteiger charge is 2.16. The molecule has 0 fully saturated rings. The van der Waals surface area contributed by atoms with E-state index in [-0.39, 0.29) is 6.04 Å². The molecule has 0 aliphatic rings. The van der Waals surface area contributed by atoms with Gasteiger partial charge in [0.15, 0.2) is 0 Å². The summed E-state index contributed by atoms with van der Waals surface area (Å²) in [7, 11) is 3.91. The van der Waals surface area contributed by atoms with Gasteiger partial charge in [0.25, 0.3) is 0 Å². The standard InChI is InChI=1S/C15H18F2N2O/c1-19(2)14(15-4-3-5-20-15)10-18-9-11-6-12(16)8-13(17)7-11/h3-8,14,18H,9-10H2,1-2H3. The summed E-state index contributed by atoms with van der Waals surface area (Å²) in [4.78, 5) is 2.03. The molecule has 1 unspecified atom stereocenters. The molecule has 0 amide bonds. The first-order chi connectivity index (χ1) is 9.56. The third-order valence-corrected chi connectivity index (χ3v) is 3.08. The quantitative estimate of drug-likeness (QED) is 0.882. The summed E-state index contributed by atoms with van der Waals surface area (Å²) in [5, 5.41) is 3.19. The topological polar surface area (TPSA) is 28.4 Å². The minimum Gasteiger partial charge on any atom is -0.468 e. The Morgan fingerprint density at radius 2 is 1.90 bits per heavy atom. The normalized spacial score (nSPS) is 12.8. The molecule has 0 aliphatic carbocycles. The third kappa shape index (κ3) is 3.88. The van der Waals surface area contributed by atoms with Gasteiger partial charge in [-0.25, -0.2) is 8.78 Å². The molecule has 0 bridgehead atoms. The summed E-state index contributed by atoms with van der Waals surface area (Å²) in [6, 6.07) is 7.35. The van der Waals surface area contributed by atoms with E-state index in [1.807, 2.05) is 31.1 Å². The van der Waals surface area contributed by atoms with Crippen LogP contribution in [0, 0.1) is 11.6 Å². The Kier molecular flexibility index (Phi) is 4.87. The smallest absolute Gasteiger partial charge is 0.126 e. The molecule has 1 atom stereocenters. The van der Waals surface area contributed by atoms with Crippen LogP contribution in [-0.2, 0) is 6.54 Å². The maximum absolute atomic E-state index is 13.1. The molecule has 108 valence electrons. The number of benzene rings is 1. The monoisotopic (exact) mass is 280 g/mol. The Morgan fingerprint density at radius 3 is 2.45 bits per heavy atom. The average Bonchev–Trinajstić information content (AvgIpc) is 2.86. The lowest BCUT2D eigenvalue weighted by atomic mass is 10.2. The molecule has 1 aromatic carbocycles. The Morgan fingerprint density at radius 1 is 1.20 bits per heavy atom. The van der Waals surface area contributed by atoms with E-state index in [9.17, 15) is 8.78 Å². The highest BCUT2D eigenvalue weighted by Crippen LogP contribution is 2.17. The maximum Gasteiger partial charge on any atom is 0.126 e. The largest absolute Gasteiger partial charge is 0.468 e. The van der Waals surface area contributed by atoms with Crippen molar-refractivity contribution in [3.63, 3.8) is 0 Å². The van der Waals surface area contributed by atoms with Crippen LogP contribution in [0.15, 0.2) is 41.0 Å². The number of nitrogens with zero attached hydrogens (tertiary/aromatic N) is 1. The van der Waals surface area contributed by atoms with Crippen molar-refractivity contribution in [2.75, 3.05) is 20.6 Å². The zero-order chi connectivity index (χ0) is 14.5. The summed E-state index contributed by atoms with van der Waals surface area (Å²) in [6.45, 7) is 1.03. The van der Waals surface area contributed by atoms with Gasteiger partial charge < -0.3 is 9.73 Å². The molecule has 0 saturated carbocycles. The van der Waals surface area contributed by atoms with E-state index in [1.54, 1.807) is 6.26 Å². The van der Waals surface area contributed by atoms with Crippen molar-refractivity contribution in [3.8, 4) is 0 Å². The lowest BCUT2D eigenvalue weighted by Crippen LogP contribution is -2.30. The Hall–Kier alpha value is -1.72. The van der Waals surface area contributed by atoms with Crippen LogP contribution < -0.4 is 5.32 Å². The van der Waals surface area contributed by atoms with Crippen molar-refractivity contribution in [2.45, 2.75) is 12.6 Å². The minimum atomic E-state index is -0.558. The van der Waals surface area contributed by atoms with Gasteiger partial charge in [0.2, 0.25) is 0 Å². The number of halogens is 2. The first-order valence-electron chi connectivity index (χ1n) is 6.42. The lowest BCUT2D eigenvalue weighted by molar-refractivity contribution is 0.250. The average molecular weight is 280 g/mol. The number of likely N-dealkylation sites (N-methyl/N-ethyl adjacent to an activating group) is 1. The summed E-state index contributed by atoms with van der Waals surface area (Å²) >= 11 is 0. The van der Waals surface area contributed by atoms with Gasteiger partial charge in [0.1, 0.15) is 17.4 Å². The van der Waals surface area contributed by atoms with Gasteiger partial charge in [-0.15, -0.1) is 0 Å². The molecule has 0 radical (unpaired) electrons. The van der Waals surface area contributed by atoms with Crippen molar-refractivity contribution >= 4 is 0 Å². The SMILES string of the molecule is CN(C)C(CNCc1cc(F)cc(F)c1)c1ccco1. The van der Waals surface area contributed by atoms with Crippen LogP contribution in [0.3, 0.4) is 0 Å². The third-order valence-electron chi connectivity index (χ3n) is 3.08. The maximum atomic E-state index is 13.1. The van der Waals surface area contributed by atoms with Gasteiger partial charge in [0.05, 0.1) is 12.3 Å². The molecular formula is C15H18F2N2O. The predicted molar refractivity (Wildman–Crippen MR) is 73.2 cm³/mol. The first kappa shape index (κ1) is 14.7. The second-order valence-corrected chi connectivity index (χ2v) is 4.90. The number of hydrogen-bond donors (Lipinski definition) is 1. The number of hydrogen-bond acceptors (Lipinski definition) is 3. The van der Waals surface area contributed by atoms with Crippen LogP contribution in [-0.4, -0.2) is 25.5 Å². The summed E-state index contributed by atoms with van der Waals surface area (Å²) < 4.78 is 31.5. The van der Waals surface area contributed by atoms with Crippen molar-refractivity contribution in [1.82, 2.24) is 10.2 Å². The van der Waals surface area contributed by atoms with Gasteiger partial charge in [-0.3, -0.25) is 4.90 Å². The molecule has 1 N–H and O–H groups in total. The molecule has 0 spiro atoms. The lowest BCUT2D eigenvalue weighted by Gasteiger charge is -2.22. The van der Waals surface area contributed by atoms with E-state index in [1.165, 1.54) is 12.1 Å². The number of nitrogens with one attached hydrogen (secondary N) is 1. The molecule has 0 aliphatic heterocycles. The van der Waals surface area contributed by atoms with Gasteiger partial charge in [-0.2, -0.15) is 0 Å². The van der Waals surface area contributed by atoms with E-state index in [4.69, 9.17) is 4.42 Å². The zero-order valence-electron chi connectivity index (χ0n) is 11.6. The van der Waals surface area contributed by atoms with Gasteiger partial charge >= 0.3 is 0 Å². The molecule has 5 heteroatoms. The fraction of sp³-hybridized carbons (Fsp3) is 0.333. The minimum absolute atomic E-state index is 0.0726. The first-order valence-corrected chi connectivity index (χ1v) is 6.42. The molecular weight excluding hydrogens is 262 g/mol. The van der Waals surface area contributed by atoms with Crippen LogP contribution in [0.1, 0.15) is 17.4 Å². The molecule has 0 saturated heterocycles. The van der Waals surface area contributed by atoms with E-state index in [0.29, 0.717) is 18.7 Å². The highest BCUT2D eigenvalue weighted by atomic mass is 19.1. The van der Waals surface area contributed by atoms with Crippen LogP contribution in [0.25, 0.3) is 0 Å². The van der Waals surface area contributed by atoms with Gasteiger partial charge in [0, 0.05) is 19.2 Å². The molecule has 1 aromatic heterocycles. The van der Waals surface area contributed by atoms with Crippen LogP contribution >= 0.6 is 0 Å². The molecule has 20 heavy (non-hydrogen) atoms. The van der Waals surface area contributed by atoms with E-state index < -0.39 is 11.6 Å². The molecule has 3 nitrogen and oxygen atoms in total. The van der Waals surface area contributed by atoms with E-state index in [0.717, 1.165) is 11.8 Å². The van der Waals surface area contributed by atoms with Gasteiger partial charge in [-0.05, 0) is 43.9 Å². The highest BCUT2D eigenvalue weighted by molar-refractivity contribution is 5.17. The second-order valence-electron chi connectivity index (χ2n) is 4.90. The van der Waals surface area contributed by atoms with Crippen molar-refractivity contribution in [1.29, 1.82) is 0 Å². The second kappa shape index (κ2) is 6.63. The van der Waals surface area contributed by atoms with Gasteiger partial charge in [-0.1, -0.05) is 0 Å². The fourth-order valence-electron chi connectivity index (χ4n) is 2.08. The Labute approximate surface area is 117 Å². The summed E-state index contributed by atoms with van der Waals surface area (Å²) in [5.41, 5.74) is 0.583. The van der Waals surface area contributed by atoms with Crippen LogP contribution in [0.5, 0.6) is 0 Å².